The van der Waals surface area contributed by atoms with Crippen molar-refractivity contribution in [2.24, 2.45) is 0 Å². The van der Waals surface area contributed by atoms with E-state index in [1.165, 1.54) is 12.2 Å². The SMILES string of the molecule is CC(/C=C/CO)(C(=O)O)c1ccccc1. The molecule has 0 aromatic heterocycles. The lowest BCUT2D eigenvalue weighted by Gasteiger charge is -2.21. The Bertz CT molecular complexity index is 356. The molecule has 3 heteroatoms. The first kappa shape index (κ1) is 11.5. The zero-order valence-corrected chi connectivity index (χ0v) is 8.55. The Morgan fingerprint density at radius 1 is 1.40 bits per heavy atom. The molecule has 0 saturated heterocycles. The smallest absolute Gasteiger partial charge is 0.317 e. The van der Waals surface area contributed by atoms with Crippen LogP contribution in [-0.4, -0.2) is 22.8 Å². The molecule has 15 heavy (non-hydrogen) atoms. The monoisotopic (exact) mass is 206 g/mol. The Morgan fingerprint density at radius 2 is 2.00 bits per heavy atom. The average molecular weight is 206 g/mol. The number of hydrogen-bond acceptors (Lipinski definition) is 2. The third-order valence-electron chi connectivity index (χ3n) is 2.37. The summed E-state index contributed by atoms with van der Waals surface area (Å²) in [6.07, 6.45) is 2.95. The van der Waals surface area contributed by atoms with Crippen molar-refractivity contribution in [3.8, 4) is 0 Å². The van der Waals surface area contributed by atoms with Crippen molar-refractivity contribution in [1.82, 2.24) is 0 Å². The third-order valence-corrected chi connectivity index (χ3v) is 2.37. The molecule has 0 bridgehead atoms. The second-order valence-electron chi connectivity index (χ2n) is 3.46. The molecule has 3 nitrogen and oxygen atoms in total. The molecular weight excluding hydrogens is 192 g/mol. The van der Waals surface area contributed by atoms with Gasteiger partial charge in [0, 0.05) is 0 Å². The first-order valence-corrected chi connectivity index (χ1v) is 4.68. The molecule has 0 fully saturated rings. The molecular formula is C12H14O3. The average Bonchev–Trinajstić information content (AvgIpc) is 2.27. The van der Waals surface area contributed by atoms with E-state index in [0.717, 1.165) is 0 Å². The van der Waals surface area contributed by atoms with Gasteiger partial charge in [-0.25, -0.2) is 0 Å². The number of carbonyl (C=O) groups is 1. The maximum absolute atomic E-state index is 11.2. The Balaban J connectivity index is 3.13. The molecule has 2 N–H and O–H groups in total. The molecule has 0 aliphatic heterocycles. The Labute approximate surface area is 88.7 Å². The van der Waals surface area contributed by atoms with Gasteiger partial charge in [-0.1, -0.05) is 42.5 Å². The van der Waals surface area contributed by atoms with Gasteiger partial charge in [0.25, 0.3) is 0 Å². The lowest BCUT2D eigenvalue weighted by atomic mass is 9.82. The van der Waals surface area contributed by atoms with Crippen LogP contribution in [0, 0.1) is 0 Å². The summed E-state index contributed by atoms with van der Waals surface area (Å²) in [7, 11) is 0. The topological polar surface area (TPSA) is 57.5 Å². The highest BCUT2D eigenvalue weighted by Gasteiger charge is 2.31. The Morgan fingerprint density at radius 3 is 2.47 bits per heavy atom. The number of aliphatic carboxylic acids is 1. The normalized spacial score (nSPS) is 15.1. The van der Waals surface area contributed by atoms with Crippen LogP contribution in [0.15, 0.2) is 42.5 Å². The highest BCUT2D eigenvalue weighted by atomic mass is 16.4. The highest BCUT2D eigenvalue weighted by Crippen LogP contribution is 2.25. The fourth-order valence-corrected chi connectivity index (χ4v) is 1.36. The van der Waals surface area contributed by atoms with Crippen LogP contribution < -0.4 is 0 Å². The number of aliphatic hydroxyl groups is 1. The van der Waals surface area contributed by atoms with Crippen molar-refractivity contribution in [2.45, 2.75) is 12.3 Å². The molecule has 80 valence electrons. The maximum atomic E-state index is 11.2. The van der Waals surface area contributed by atoms with Crippen molar-refractivity contribution >= 4 is 5.97 Å². The fourth-order valence-electron chi connectivity index (χ4n) is 1.36. The molecule has 1 unspecified atom stereocenters. The minimum Gasteiger partial charge on any atom is -0.480 e. The highest BCUT2D eigenvalue weighted by molar-refractivity contribution is 5.83. The first-order valence-electron chi connectivity index (χ1n) is 4.68. The fraction of sp³-hybridized carbons (Fsp3) is 0.250. The van der Waals surface area contributed by atoms with E-state index < -0.39 is 11.4 Å². The number of benzene rings is 1. The van der Waals surface area contributed by atoms with Gasteiger partial charge in [-0.15, -0.1) is 0 Å². The quantitative estimate of drug-likeness (QED) is 0.735. The molecule has 1 aromatic rings. The lowest BCUT2D eigenvalue weighted by molar-refractivity contribution is -0.141. The van der Waals surface area contributed by atoms with E-state index in [0.29, 0.717) is 5.56 Å². The van der Waals surface area contributed by atoms with Crippen LogP contribution in [0.25, 0.3) is 0 Å². The van der Waals surface area contributed by atoms with Crippen LogP contribution in [0.3, 0.4) is 0 Å². The summed E-state index contributed by atoms with van der Waals surface area (Å²) >= 11 is 0. The van der Waals surface area contributed by atoms with Gasteiger partial charge in [0.1, 0.15) is 5.41 Å². The maximum Gasteiger partial charge on any atom is 0.317 e. The number of carboxylic acid groups (broad SMARTS) is 1. The Kier molecular flexibility index (Phi) is 3.63. The summed E-state index contributed by atoms with van der Waals surface area (Å²) in [6, 6.07) is 8.94. The lowest BCUT2D eigenvalue weighted by Crippen LogP contribution is -2.30. The van der Waals surface area contributed by atoms with Gasteiger partial charge in [-0.3, -0.25) is 4.79 Å². The molecule has 1 aromatic carbocycles. The Hall–Kier alpha value is -1.61. The second-order valence-corrected chi connectivity index (χ2v) is 3.46. The molecule has 1 atom stereocenters. The molecule has 0 saturated carbocycles. The van der Waals surface area contributed by atoms with Crippen LogP contribution in [0.2, 0.25) is 0 Å². The van der Waals surface area contributed by atoms with Gasteiger partial charge >= 0.3 is 5.97 Å². The molecule has 0 heterocycles. The summed E-state index contributed by atoms with van der Waals surface area (Å²) in [4.78, 5) is 11.2. The van der Waals surface area contributed by atoms with Crippen LogP contribution >= 0.6 is 0 Å². The summed E-state index contributed by atoms with van der Waals surface area (Å²) in [5, 5.41) is 17.9. The van der Waals surface area contributed by atoms with E-state index >= 15 is 0 Å². The summed E-state index contributed by atoms with van der Waals surface area (Å²) in [6.45, 7) is 1.45. The molecule has 0 aliphatic carbocycles. The second kappa shape index (κ2) is 4.75. The van der Waals surface area contributed by atoms with E-state index in [1.807, 2.05) is 6.07 Å². The van der Waals surface area contributed by atoms with E-state index in [1.54, 1.807) is 31.2 Å². The number of hydrogen-bond donors (Lipinski definition) is 2. The van der Waals surface area contributed by atoms with E-state index in [-0.39, 0.29) is 6.61 Å². The summed E-state index contributed by atoms with van der Waals surface area (Å²) < 4.78 is 0. The van der Waals surface area contributed by atoms with Crippen molar-refractivity contribution in [3.63, 3.8) is 0 Å². The molecule has 0 radical (unpaired) electrons. The van der Waals surface area contributed by atoms with Crippen molar-refractivity contribution < 1.29 is 15.0 Å². The van der Waals surface area contributed by atoms with E-state index in [4.69, 9.17) is 5.11 Å². The van der Waals surface area contributed by atoms with Crippen molar-refractivity contribution in [1.29, 1.82) is 0 Å². The zero-order chi connectivity index (χ0) is 11.3. The third kappa shape index (κ3) is 2.44. The number of rotatable bonds is 4. The van der Waals surface area contributed by atoms with Gasteiger partial charge in [-0.05, 0) is 12.5 Å². The molecule has 0 aliphatic rings. The molecule has 0 amide bonds. The first-order chi connectivity index (χ1) is 7.11. The summed E-state index contributed by atoms with van der Waals surface area (Å²) in [5.41, 5.74) is -0.383. The van der Waals surface area contributed by atoms with Crippen LogP contribution in [0.4, 0.5) is 0 Å². The van der Waals surface area contributed by atoms with Gasteiger partial charge < -0.3 is 10.2 Å². The van der Waals surface area contributed by atoms with Crippen LogP contribution in [0.5, 0.6) is 0 Å². The van der Waals surface area contributed by atoms with Crippen LogP contribution in [0.1, 0.15) is 12.5 Å². The predicted molar refractivity (Wildman–Crippen MR) is 57.7 cm³/mol. The zero-order valence-electron chi connectivity index (χ0n) is 8.55. The van der Waals surface area contributed by atoms with Gasteiger partial charge in [0.2, 0.25) is 0 Å². The number of aliphatic hydroxyl groups excluding tert-OH is 1. The number of carboxylic acids is 1. The molecule has 1 rings (SSSR count). The van der Waals surface area contributed by atoms with Crippen molar-refractivity contribution in [2.75, 3.05) is 6.61 Å². The van der Waals surface area contributed by atoms with Crippen LogP contribution in [-0.2, 0) is 10.2 Å². The van der Waals surface area contributed by atoms with Crippen molar-refractivity contribution in [3.05, 3.63) is 48.0 Å². The van der Waals surface area contributed by atoms with E-state index in [2.05, 4.69) is 0 Å². The largest absolute Gasteiger partial charge is 0.480 e. The van der Waals surface area contributed by atoms with Gasteiger partial charge in [-0.2, -0.15) is 0 Å². The predicted octanol–water partition coefficient (Wildman–Crippen LogP) is 1.58. The van der Waals surface area contributed by atoms with E-state index in [9.17, 15) is 9.90 Å². The minimum atomic E-state index is -1.08. The molecule has 0 spiro atoms. The minimum absolute atomic E-state index is 0.157. The van der Waals surface area contributed by atoms with Gasteiger partial charge in [0.15, 0.2) is 0 Å². The standard InChI is InChI=1S/C12H14O3/c1-12(11(14)15,8-5-9-13)10-6-3-2-4-7-10/h2-8,13H,9H2,1H3,(H,14,15)/b8-5+. The van der Waals surface area contributed by atoms with Gasteiger partial charge in [0.05, 0.1) is 6.61 Å². The summed E-state index contributed by atoms with van der Waals surface area (Å²) in [5.74, 6) is -0.932.